The van der Waals surface area contributed by atoms with Crippen molar-refractivity contribution in [1.82, 2.24) is 24.7 Å². The Bertz CT molecular complexity index is 1270. The predicted octanol–water partition coefficient (Wildman–Crippen LogP) is 5.41. The normalized spacial score (nSPS) is 14.8. The van der Waals surface area contributed by atoms with Crippen LogP contribution in [0.3, 0.4) is 0 Å². The van der Waals surface area contributed by atoms with E-state index in [0.29, 0.717) is 16.7 Å². The molecule has 0 saturated heterocycles. The number of para-hydroxylation sites is 1. The zero-order valence-electron chi connectivity index (χ0n) is 18.5. The zero-order valence-corrected chi connectivity index (χ0v) is 20.1. The number of nitrogens with zero attached hydrogens (tertiary/aromatic N) is 5. The lowest BCUT2D eigenvalue weighted by atomic mass is 10.0. The summed E-state index contributed by atoms with van der Waals surface area (Å²) in [6.07, 6.45) is 5.12. The summed E-state index contributed by atoms with van der Waals surface area (Å²) in [5.74, 6) is -0.0586. The number of fused-ring (bicyclic) bond motifs is 4. The molecule has 0 bridgehead atoms. The van der Waals surface area contributed by atoms with Crippen LogP contribution in [-0.4, -0.2) is 35.9 Å². The highest BCUT2D eigenvalue weighted by molar-refractivity contribution is 8.00. The molecule has 3 heterocycles. The average Bonchev–Trinajstić information content (AvgIpc) is 3.35. The molecule has 0 spiro atoms. The molecule has 32 heavy (non-hydrogen) atoms. The summed E-state index contributed by atoms with van der Waals surface area (Å²) >= 11 is 2.97. The minimum Gasteiger partial charge on any atom is -0.321 e. The third kappa shape index (κ3) is 3.88. The first-order valence-corrected chi connectivity index (χ1v) is 12.8. The third-order valence-corrected chi connectivity index (χ3v) is 8.09. The summed E-state index contributed by atoms with van der Waals surface area (Å²) < 4.78 is 2.19. The Labute approximate surface area is 195 Å². The second-order valence-corrected chi connectivity index (χ2v) is 10.6. The topological polar surface area (TPSA) is 85.6 Å². The fraction of sp³-hybridized carbons (Fsp3) is 0.435. The van der Waals surface area contributed by atoms with Crippen LogP contribution in [0.2, 0.25) is 0 Å². The van der Waals surface area contributed by atoms with Crippen LogP contribution in [0.15, 0.2) is 29.4 Å². The standard InChI is InChI=1S/C23H26N6OS2/c1-4-17(21(30)26-22-24-15-10-6-8-12-18(15)32-22)31-23-25-20-19(27-28-23)14-9-5-7-11-16(14)29(20)13(2)3/h5,7,9,11,13,17H,4,6,8,10,12H2,1-3H3,(H,24,26,30). The van der Waals surface area contributed by atoms with Crippen molar-refractivity contribution in [3.8, 4) is 0 Å². The molecule has 0 saturated carbocycles. The van der Waals surface area contributed by atoms with E-state index >= 15 is 0 Å². The van der Waals surface area contributed by atoms with Crippen molar-refractivity contribution < 1.29 is 4.79 Å². The number of rotatable bonds is 6. The van der Waals surface area contributed by atoms with Crippen LogP contribution < -0.4 is 5.32 Å². The summed E-state index contributed by atoms with van der Waals surface area (Å²) in [7, 11) is 0. The van der Waals surface area contributed by atoms with E-state index in [1.165, 1.54) is 29.5 Å². The number of benzene rings is 1. The molecule has 1 amide bonds. The minimum atomic E-state index is -0.313. The molecule has 0 fully saturated rings. The van der Waals surface area contributed by atoms with Crippen LogP contribution in [0.1, 0.15) is 56.6 Å². The summed E-state index contributed by atoms with van der Waals surface area (Å²) in [6.45, 7) is 6.27. The molecule has 1 unspecified atom stereocenters. The van der Waals surface area contributed by atoms with Crippen molar-refractivity contribution in [3.63, 3.8) is 0 Å². The summed E-state index contributed by atoms with van der Waals surface area (Å²) in [6, 6.07) is 8.40. The lowest BCUT2D eigenvalue weighted by molar-refractivity contribution is -0.115. The maximum atomic E-state index is 13.0. The molecule has 0 aliphatic heterocycles. The van der Waals surface area contributed by atoms with E-state index in [9.17, 15) is 4.79 Å². The smallest absolute Gasteiger partial charge is 0.239 e. The van der Waals surface area contributed by atoms with Gasteiger partial charge in [0.25, 0.3) is 0 Å². The van der Waals surface area contributed by atoms with Crippen LogP contribution in [0.4, 0.5) is 5.13 Å². The second-order valence-electron chi connectivity index (χ2n) is 8.35. The van der Waals surface area contributed by atoms with E-state index in [0.717, 1.165) is 40.6 Å². The van der Waals surface area contributed by atoms with Gasteiger partial charge in [0.15, 0.2) is 10.8 Å². The van der Waals surface area contributed by atoms with Crippen molar-refractivity contribution in [2.75, 3.05) is 5.32 Å². The zero-order chi connectivity index (χ0) is 22.2. The molecule has 1 N–H and O–H groups in total. The van der Waals surface area contributed by atoms with Gasteiger partial charge in [-0.15, -0.1) is 21.5 Å². The summed E-state index contributed by atoms with van der Waals surface area (Å²) in [4.78, 5) is 23.8. The first-order valence-electron chi connectivity index (χ1n) is 11.1. The lowest BCUT2D eigenvalue weighted by Gasteiger charge is -2.13. The molecule has 5 rings (SSSR count). The largest absolute Gasteiger partial charge is 0.321 e. The number of carbonyl (C=O) groups is 1. The first-order chi connectivity index (χ1) is 15.5. The van der Waals surface area contributed by atoms with Gasteiger partial charge in [-0.1, -0.05) is 36.9 Å². The number of nitrogens with one attached hydrogen (secondary N) is 1. The van der Waals surface area contributed by atoms with Gasteiger partial charge >= 0.3 is 0 Å². The molecule has 166 valence electrons. The average molecular weight is 467 g/mol. The van der Waals surface area contributed by atoms with Crippen molar-refractivity contribution in [2.45, 2.75) is 69.3 Å². The highest BCUT2D eigenvalue weighted by Gasteiger charge is 2.24. The Kier molecular flexibility index (Phi) is 5.86. The highest BCUT2D eigenvalue weighted by atomic mass is 32.2. The Morgan fingerprint density at radius 1 is 1.19 bits per heavy atom. The molecular formula is C23H26N6OS2. The van der Waals surface area contributed by atoms with Gasteiger partial charge in [-0.05, 0) is 52.0 Å². The van der Waals surface area contributed by atoms with Crippen LogP contribution >= 0.6 is 23.1 Å². The third-order valence-electron chi connectivity index (χ3n) is 5.80. The monoisotopic (exact) mass is 466 g/mol. The maximum absolute atomic E-state index is 13.0. The quantitative estimate of drug-likeness (QED) is 0.383. The van der Waals surface area contributed by atoms with E-state index in [1.54, 1.807) is 11.3 Å². The van der Waals surface area contributed by atoms with Crippen LogP contribution in [0, 0.1) is 0 Å². The van der Waals surface area contributed by atoms with Gasteiger partial charge in [0.1, 0.15) is 5.52 Å². The van der Waals surface area contributed by atoms with E-state index < -0.39 is 0 Å². The molecule has 0 radical (unpaired) electrons. The first kappa shape index (κ1) is 21.3. The Hall–Kier alpha value is -2.52. The number of aryl methyl sites for hydroxylation is 2. The number of hydrogen-bond donors (Lipinski definition) is 1. The molecule has 4 aromatic rings. The number of aromatic nitrogens is 5. The Balaban J connectivity index is 1.40. The number of amides is 1. The number of thioether (sulfide) groups is 1. The highest BCUT2D eigenvalue weighted by Crippen LogP contribution is 2.33. The molecule has 1 aromatic carbocycles. The SMILES string of the molecule is CCC(Sc1nnc2c3ccccc3n(C(C)C)c2n1)C(=O)Nc1nc2c(s1)CCCC2. The number of hydrogen-bond acceptors (Lipinski definition) is 7. The molecule has 1 aliphatic carbocycles. The molecule has 3 aromatic heterocycles. The van der Waals surface area contributed by atoms with Crippen molar-refractivity contribution in [2.24, 2.45) is 0 Å². The molecular weight excluding hydrogens is 440 g/mol. The van der Waals surface area contributed by atoms with Crippen LogP contribution in [0.5, 0.6) is 0 Å². The number of thiazole rings is 1. The maximum Gasteiger partial charge on any atom is 0.239 e. The summed E-state index contributed by atoms with van der Waals surface area (Å²) in [5, 5.41) is 13.8. The van der Waals surface area contributed by atoms with E-state index in [2.05, 4.69) is 51.0 Å². The number of anilines is 1. The van der Waals surface area contributed by atoms with Gasteiger partial charge in [-0.25, -0.2) is 9.97 Å². The fourth-order valence-corrected chi connectivity index (χ4v) is 6.12. The summed E-state index contributed by atoms with van der Waals surface area (Å²) in [5.41, 5.74) is 3.85. The van der Waals surface area contributed by atoms with Gasteiger partial charge in [-0.3, -0.25) is 4.79 Å². The van der Waals surface area contributed by atoms with Crippen molar-refractivity contribution in [3.05, 3.63) is 34.8 Å². The van der Waals surface area contributed by atoms with Gasteiger partial charge in [0.05, 0.1) is 16.5 Å². The van der Waals surface area contributed by atoms with Crippen molar-refractivity contribution in [1.29, 1.82) is 0 Å². The van der Waals surface area contributed by atoms with Crippen LogP contribution in [-0.2, 0) is 17.6 Å². The van der Waals surface area contributed by atoms with Gasteiger partial charge in [0, 0.05) is 16.3 Å². The van der Waals surface area contributed by atoms with E-state index in [-0.39, 0.29) is 17.2 Å². The van der Waals surface area contributed by atoms with Crippen molar-refractivity contribution >= 4 is 56.2 Å². The molecule has 9 heteroatoms. The molecule has 1 atom stereocenters. The predicted molar refractivity (Wildman–Crippen MR) is 131 cm³/mol. The molecule has 7 nitrogen and oxygen atoms in total. The lowest BCUT2D eigenvalue weighted by Crippen LogP contribution is -2.25. The van der Waals surface area contributed by atoms with Crippen LogP contribution in [0.25, 0.3) is 22.1 Å². The fourth-order valence-electron chi connectivity index (χ4n) is 4.26. The second kappa shape index (κ2) is 8.78. The Morgan fingerprint density at radius 2 is 2.00 bits per heavy atom. The Morgan fingerprint density at radius 3 is 2.78 bits per heavy atom. The van der Waals surface area contributed by atoms with Gasteiger partial charge < -0.3 is 9.88 Å². The molecule has 1 aliphatic rings. The van der Waals surface area contributed by atoms with Gasteiger partial charge in [0.2, 0.25) is 11.1 Å². The van der Waals surface area contributed by atoms with E-state index in [1.807, 2.05) is 19.1 Å². The number of carbonyl (C=O) groups excluding carboxylic acids is 1. The van der Waals surface area contributed by atoms with E-state index in [4.69, 9.17) is 4.98 Å². The minimum absolute atomic E-state index is 0.0586. The van der Waals surface area contributed by atoms with Gasteiger partial charge in [-0.2, -0.15) is 0 Å².